The van der Waals surface area contributed by atoms with Gasteiger partial charge in [0.05, 0.1) is 6.04 Å². The maximum Gasteiger partial charge on any atom is 0.0526 e. The minimum absolute atomic E-state index is 0.106. The molecule has 0 bridgehead atoms. The number of nitrogens with zero attached hydrogens (tertiary/aromatic N) is 1. The van der Waals surface area contributed by atoms with Crippen molar-refractivity contribution in [3.05, 3.63) is 50.4 Å². The van der Waals surface area contributed by atoms with E-state index in [0.717, 1.165) is 22.2 Å². The van der Waals surface area contributed by atoms with E-state index in [9.17, 15) is 0 Å². The molecule has 0 saturated carbocycles. The minimum atomic E-state index is 0.106. The summed E-state index contributed by atoms with van der Waals surface area (Å²) in [6.07, 6.45) is 2.67. The van der Waals surface area contributed by atoms with Crippen LogP contribution in [-0.2, 0) is 6.42 Å². The summed E-state index contributed by atoms with van der Waals surface area (Å²) in [6, 6.07) is 6.24. The van der Waals surface area contributed by atoms with Gasteiger partial charge in [-0.2, -0.15) is 0 Å². The van der Waals surface area contributed by atoms with Crippen LogP contribution in [0.4, 0.5) is 0 Å². The lowest BCUT2D eigenvalue weighted by Crippen LogP contribution is -2.30. The Morgan fingerprint density at radius 1 is 1.59 bits per heavy atom. The van der Waals surface area contributed by atoms with Gasteiger partial charge in [0.15, 0.2) is 0 Å². The topological polar surface area (TPSA) is 50.9 Å². The van der Waals surface area contributed by atoms with Crippen LogP contribution in [0.2, 0.25) is 0 Å². The highest BCUT2D eigenvalue weighted by Crippen LogP contribution is 2.26. The molecule has 1 unspecified atom stereocenters. The quantitative estimate of drug-likeness (QED) is 0.674. The average Bonchev–Trinajstić information content (AvgIpc) is 2.73. The van der Waals surface area contributed by atoms with Crippen LogP contribution in [0.3, 0.4) is 0 Å². The average molecular weight is 312 g/mol. The van der Waals surface area contributed by atoms with Crippen LogP contribution in [0.1, 0.15) is 22.2 Å². The van der Waals surface area contributed by atoms with Crippen molar-refractivity contribution in [3.63, 3.8) is 0 Å². The smallest absolute Gasteiger partial charge is 0.0526 e. The summed E-state index contributed by atoms with van der Waals surface area (Å²) in [5.41, 5.74) is 5.04. The maximum atomic E-state index is 5.64. The number of halogens is 1. The van der Waals surface area contributed by atoms with E-state index >= 15 is 0 Å². The molecule has 0 radical (unpaired) electrons. The van der Waals surface area contributed by atoms with Gasteiger partial charge in [-0.1, -0.05) is 6.07 Å². The van der Waals surface area contributed by atoms with Crippen molar-refractivity contribution < 1.29 is 0 Å². The first-order valence-electron chi connectivity index (χ1n) is 5.31. The molecule has 2 heterocycles. The molecular formula is C12H14BrN3S. The van der Waals surface area contributed by atoms with Gasteiger partial charge in [-0.15, -0.1) is 11.3 Å². The molecule has 3 N–H and O–H groups in total. The largest absolute Gasteiger partial charge is 0.271 e. The Hall–Kier alpha value is -0.750. The summed E-state index contributed by atoms with van der Waals surface area (Å²) in [5.74, 6) is 5.64. The van der Waals surface area contributed by atoms with E-state index in [-0.39, 0.29) is 6.04 Å². The summed E-state index contributed by atoms with van der Waals surface area (Å²) in [7, 11) is 0. The second-order valence-electron chi connectivity index (χ2n) is 3.83. The fourth-order valence-electron chi connectivity index (χ4n) is 1.79. The highest BCUT2D eigenvalue weighted by Gasteiger charge is 2.14. The molecule has 0 fully saturated rings. The van der Waals surface area contributed by atoms with Gasteiger partial charge >= 0.3 is 0 Å². The fraction of sp³-hybridized carbons (Fsp3) is 0.250. The van der Waals surface area contributed by atoms with Gasteiger partial charge < -0.3 is 0 Å². The van der Waals surface area contributed by atoms with Crippen molar-refractivity contribution in [2.45, 2.75) is 19.4 Å². The molecule has 90 valence electrons. The molecule has 3 nitrogen and oxygen atoms in total. The Kier molecular flexibility index (Phi) is 4.28. The van der Waals surface area contributed by atoms with E-state index in [4.69, 9.17) is 5.84 Å². The number of pyridine rings is 1. The fourth-order valence-corrected chi connectivity index (χ4v) is 3.28. The molecule has 0 aliphatic heterocycles. The van der Waals surface area contributed by atoms with Gasteiger partial charge in [-0.25, -0.2) is 0 Å². The van der Waals surface area contributed by atoms with Crippen molar-refractivity contribution >= 4 is 27.3 Å². The zero-order chi connectivity index (χ0) is 12.3. The highest BCUT2D eigenvalue weighted by atomic mass is 79.9. The van der Waals surface area contributed by atoms with Crippen molar-refractivity contribution in [2.24, 2.45) is 5.84 Å². The summed E-state index contributed by atoms with van der Waals surface area (Å²) >= 11 is 5.19. The monoisotopic (exact) mass is 311 g/mol. The van der Waals surface area contributed by atoms with Crippen LogP contribution < -0.4 is 11.3 Å². The Morgan fingerprint density at radius 3 is 3.00 bits per heavy atom. The van der Waals surface area contributed by atoms with Crippen LogP contribution in [0.15, 0.2) is 34.2 Å². The van der Waals surface area contributed by atoms with Crippen molar-refractivity contribution in [1.29, 1.82) is 0 Å². The summed E-state index contributed by atoms with van der Waals surface area (Å²) < 4.78 is 1.12. The van der Waals surface area contributed by atoms with Crippen molar-refractivity contribution in [3.8, 4) is 0 Å². The Bertz CT molecular complexity index is 498. The zero-order valence-electron chi connectivity index (χ0n) is 9.48. The number of hydrogen-bond acceptors (Lipinski definition) is 4. The molecule has 0 saturated heterocycles. The van der Waals surface area contributed by atoms with Crippen LogP contribution in [0.5, 0.6) is 0 Å². The number of aromatic nitrogens is 1. The predicted octanol–water partition coefficient (Wildman–Crippen LogP) is 2.96. The van der Waals surface area contributed by atoms with Crippen LogP contribution in [-0.4, -0.2) is 4.98 Å². The standard InChI is InChI=1S/C12H14BrN3S/c1-8-11(3-2-4-15-8)12(16-14)6-10-5-9(13)7-17-10/h2-5,7,12,16H,6,14H2,1H3. The van der Waals surface area contributed by atoms with Gasteiger partial charge in [0, 0.05) is 33.0 Å². The Balaban J connectivity index is 2.20. The van der Waals surface area contributed by atoms with E-state index in [0.29, 0.717) is 0 Å². The minimum Gasteiger partial charge on any atom is -0.271 e. The molecule has 1 atom stereocenters. The molecule has 0 aliphatic rings. The normalized spacial score (nSPS) is 12.6. The molecule has 2 aromatic rings. The second kappa shape index (κ2) is 5.73. The lowest BCUT2D eigenvalue weighted by Gasteiger charge is -2.16. The van der Waals surface area contributed by atoms with Crippen LogP contribution >= 0.6 is 27.3 Å². The summed E-state index contributed by atoms with van der Waals surface area (Å²) in [6.45, 7) is 2.00. The first kappa shape index (κ1) is 12.7. The highest BCUT2D eigenvalue weighted by molar-refractivity contribution is 9.10. The van der Waals surface area contributed by atoms with Gasteiger partial charge in [-0.05, 0) is 40.5 Å². The van der Waals surface area contributed by atoms with E-state index in [2.05, 4.69) is 43.9 Å². The summed E-state index contributed by atoms with van der Waals surface area (Å²) in [4.78, 5) is 5.59. The first-order valence-corrected chi connectivity index (χ1v) is 6.98. The molecule has 0 aromatic carbocycles. The van der Waals surface area contributed by atoms with Gasteiger partial charge in [0.25, 0.3) is 0 Å². The number of nitrogens with two attached hydrogens (primary N) is 1. The molecule has 2 aromatic heterocycles. The molecule has 17 heavy (non-hydrogen) atoms. The van der Waals surface area contributed by atoms with Gasteiger partial charge in [0.2, 0.25) is 0 Å². The zero-order valence-corrected chi connectivity index (χ0v) is 11.9. The van der Waals surface area contributed by atoms with E-state index in [1.165, 1.54) is 4.88 Å². The molecule has 5 heteroatoms. The number of nitrogens with one attached hydrogen (secondary N) is 1. The van der Waals surface area contributed by atoms with Crippen molar-refractivity contribution in [1.82, 2.24) is 10.4 Å². The second-order valence-corrected chi connectivity index (χ2v) is 5.74. The third-order valence-corrected chi connectivity index (χ3v) is 4.37. The molecule has 0 amide bonds. The number of thiophene rings is 1. The van der Waals surface area contributed by atoms with E-state index in [1.807, 2.05) is 13.0 Å². The lowest BCUT2D eigenvalue weighted by molar-refractivity contribution is 0.550. The van der Waals surface area contributed by atoms with E-state index < -0.39 is 0 Å². The Morgan fingerprint density at radius 2 is 2.41 bits per heavy atom. The lowest BCUT2D eigenvalue weighted by atomic mass is 10.0. The Labute approximate surface area is 113 Å². The SMILES string of the molecule is Cc1ncccc1C(Cc1cc(Br)cs1)NN. The first-order chi connectivity index (χ1) is 8.20. The number of rotatable bonds is 4. The molecule has 0 aliphatic carbocycles. The molecule has 0 spiro atoms. The van der Waals surface area contributed by atoms with E-state index in [1.54, 1.807) is 17.5 Å². The van der Waals surface area contributed by atoms with Gasteiger partial charge in [-0.3, -0.25) is 16.3 Å². The maximum absolute atomic E-state index is 5.64. The molecular weight excluding hydrogens is 298 g/mol. The van der Waals surface area contributed by atoms with Crippen LogP contribution in [0.25, 0.3) is 0 Å². The number of aryl methyl sites for hydroxylation is 1. The molecule has 2 rings (SSSR count). The number of hydrazine groups is 1. The predicted molar refractivity (Wildman–Crippen MR) is 74.8 cm³/mol. The third kappa shape index (κ3) is 3.13. The van der Waals surface area contributed by atoms with Crippen LogP contribution in [0, 0.1) is 6.92 Å². The summed E-state index contributed by atoms with van der Waals surface area (Å²) in [5, 5.41) is 2.08. The third-order valence-electron chi connectivity index (χ3n) is 2.65. The van der Waals surface area contributed by atoms with Crippen molar-refractivity contribution in [2.75, 3.05) is 0 Å². The van der Waals surface area contributed by atoms with Gasteiger partial charge in [0.1, 0.15) is 0 Å². The number of hydrogen-bond donors (Lipinski definition) is 2.